The molecule has 0 bridgehead atoms. The van der Waals surface area contributed by atoms with Crippen molar-refractivity contribution in [3.8, 4) is 34.5 Å². The van der Waals surface area contributed by atoms with Crippen LogP contribution in [0, 0.1) is 23.7 Å². The van der Waals surface area contributed by atoms with Crippen LogP contribution in [-0.2, 0) is 47.7 Å². The van der Waals surface area contributed by atoms with Crippen LogP contribution in [-0.4, -0.2) is 94.1 Å². The lowest BCUT2D eigenvalue weighted by Crippen LogP contribution is -2.30. The van der Waals surface area contributed by atoms with Crippen LogP contribution in [0.2, 0.25) is 0 Å². The Morgan fingerprint density at radius 3 is 1.56 bits per heavy atom. The average Bonchev–Trinajstić information content (AvgIpc) is 3.87. The minimum Gasteiger partial charge on any atom is -0.457 e. The van der Waals surface area contributed by atoms with E-state index >= 15 is 0 Å². The van der Waals surface area contributed by atoms with E-state index in [9.17, 15) is 28.8 Å². The van der Waals surface area contributed by atoms with Gasteiger partial charge in [-0.2, -0.15) is 5.10 Å². The summed E-state index contributed by atoms with van der Waals surface area (Å²) >= 11 is 1.45. The van der Waals surface area contributed by atoms with Gasteiger partial charge in [0.25, 0.3) is 0 Å². The molecule has 0 unspecified atom stereocenters. The van der Waals surface area contributed by atoms with Gasteiger partial charge < -0.3 is 47.4 Å². The molecule has 4 aromatic carbocycles. The number of hydrogen-bond acceptors (Lipinski definition) is 20. The van der Waals surface area contributed by atoms with Crippen LogP contribution >= 0.6 is 11.3 Å². The van der Waals surface area contributed by atoms with Gasteiger partial charge in [-0.15, -0.1) is 0 Å². The van der Waals surface area contributed by atoms with E-state index in [-0.39, 0.29) is 25.1 Å². The zero-order valence-corrected chi connectivity index (χ0v) is 42.1. The smallest absolute Gasteiger partial charge is 0.333 e. The molecule has 20 heteroatoms. The molecular formula is C55H57N3O16S. The minimum absolute atomic E-state index is 0.173. The third-order valence-electron chi connectivity index (χ3n) is 12.2. The van der Waals surface area contributed by atoms with Gasteiger partial charge in [0.05, 0.1) is 66.5 Å². The monoisotopic (exact) mass is 1050 g/mol. The van der Waals surface area contributed by atoms with E-state index in [1.54, 1.807) is 78.8 Å². The molecule has 2 saturated carbocycles. The summed E-state index contributed by atoms with van der Waals surface area (Å²) in [7, 11) is 1.59. The Labute approximate surface area is 436 Å². The SMILES string of the molecule is C=CC(=O)OCOc1ccc(OC(=O)C2CCC(C(=O)Oc3ccc(OC(=O)C4CCC(C(=O)Oc5ccc(OCOC(=O)C=C)cc5)CC4)c(/C=N/N(CCOCCOC)c4nc5ccccc5s4)c3)CC2)cc1. The van der Waals surface area contributed by atoms with E-state index in [4.69, 9.17) is 57.5 Å². The third kappa shape index (κ3) is 16.5. The molecule has 0 saturated heterocycles. The molecule has 19 nitrogen and oxygen atoms in total. The molecule has 2 aliphatic rings. The van der Waals surface area contributed by atoms with Gasteiger partial charge >= 0.3 is 35.8 Å². The van der Waals surface area contributed by atoms with Crippen LogP contribution in [0.15, 0.2) is 121 Å². The van der Waals surface area contributed by atoms with Crippen molar-refractivity contribution in [2.75, 3.05) is 52.1 Å². The summed E-state index contributed by atoms with van der Waals surface area (Å²) in [5.74, 6) is -3.10. The molecule has 0 aliphatic heterocycles. The number of esters is 6. The molecule has 0 N–H and O–H groups in total. The van der Waals surface area contributed by atoms with Gasteiger partial charge in [0.1, 0.15) is 34.5 Å². The molecule has 0 spiro atoms. The van der Waals surface area contributed by atoms with Gasteiger partial charge in [-0.1, -0.05) is 36.6 Å². The van der Waals surface area contributed by atoms with Crippen LogP contribution in [0.25, 0.3) is 10.2 Å². The average molecular weight is 1050 g/mol. The highest BCUT2D eigenvalue weighted by molar-refractivity contribution is 7.22. The van der Waals surface area contributed by atoms with Gasteiger partial charge in [0, 0.05) is 24.8 Å². The number of para-hydroxylation sites is 1. The number of thiazole rings is 1. The first-order valence-electron chi connectivity index (χ1n) is 24.3. The number of ether oxygens (including phenoxy) is 10. The number of hydrazone groups is 1. The van der Waals surface area contributed by atoms with Gasteiger partial charge in [-0.25, -0.2) is 19.6 Å². The summed E-state index contributed by atoms with van der Waals surface area (Å²) in [4.78, 5) is 81.1. The van der Waals surface area contributed by atoms with Crippen molar-refractivity contribution in [2.45, 2.75) is 51.4 Å². The van der Waals surface area contributed by atoms with Crippen LogP contribution < -0.4 is 33.4 Å². The van der Waals surface area contributed by atoms with E-state index in [2.05, 4.69) is 13.2 Å². The molecule has 0 atom stereocenters. The Hall–Kier alpha value is -7.94. The second-order valence-electron chi connectivity index (χ2n) is 17.2. The summed E-state index contributed by atoms with van der Waals surface area (Å²) in [5.41, 5.74) is 1.14. The number of hydrogen-bond donors (Lipinski definition) is 0. The Morgan fingerprint density at radius 1 is 0.600 bits per heavy atom. The van der Waals surface area contributed by atoms with E-state index < -0.39 is 59.5 Å². The lowest BCUT2D eigenvalue weighted by molar-refractivity contribution is -0.145. The van der Waals surface area contributed by atoms with E-state index in [1.165, 1.54) is 17.6 Å². The highest BCUT2D eigenvalue weighted by Crippen LogP contribution is 2.35. The van der Waals surface area contributed by atoms with Gasteiger partial charge in [-0.3, -0.25) is 19.2 Å². The van der Waals surface area contributed by atoms with Crippen molar-refractivity contribution < 1.29 is 76.1 Å². The number of anilines is 1. The zero-order valence-electron chi connectivity index (χ0n) is 41.3. The highest BCUT2D eigenvalue weighted by Gasteiger charge is 2.34. The summed E-state index contributed by atoms with van der Waals surface area (Å²) < 4.78 is 55.5. The second kappa shape index (κ2) is 27.9. The van der Waals surface area contributed by atoms with Crippen LogP contribution in [0.3, 0.4) is 0 Å². The first-order valence-corrected chi connectivity index (χ1v) is 25.1. The van der Waals surface area contributed by atoms with Crippen molar-refractivity contribution in [1.82, 2.24) is 4.98 Å². The number of nitrogens with zero attached hydrogens (tertiary/aromatic N) is 3. The maximum atomic E-state index is 13.8. The lowest BCUT2D eigenvalue weighted by atomic mass is 9.82. The third-order valence-corrected chi connectivity index (χ3v) is 13.2. The fraction of sp³-hybridized carbons (Fsp3) is 0.345. The Bertz CT molecular complexity index is 2770. The summed E-state index contributed by atoms with van der Waals surface area (Å²) in [6.07, 6.45) is 6.72. The van der Waals surface area contributed by atoms with Crippen molar-refractivity contribution in [2.24, 2.45) is 28.8 Å². The Balaban J connectivity index is 0.984. The van der Waals surface area contributed by atoms with Crippen LogP contribution in [0.1, 0.15) is 56.9 Å². The first-order chi connectivity index (χ1) is 36.5. The van der Waals surface area contributed by atoms with Crippen molar-refractivity contribution >= 4 is 68.7 Å². The maximum absolute atomic E-state index is 13.8. The predicted molar refractivity (Wildman–Crippen MR) is 274 cm³/mol. The van der Waals surface area contributed by atoms with Crippen LogP contribution in [0.4, 0.5) is 5.13 Å². The largest absolute Gasteiger partial charge is 0.457 e. The van der Waals surface area contributed by atoms with Gasteiger partial charge in [-0.05, 0) is 130 Å². The Morgan fingerprint density at radius 2 is 1.07 bits per heavy atom. The van der Waals surface area contributed by atoms with Gasteiger partial charge in [0.15, 0.2) is 0 Å². The molecule has 2 aliphatic carbocycles. The molecule has 2 fully saturated rings. The topological polar surface area (TPSA) is 223 Å². The second-order valence-corrected chi connectivity index (χ2v) is 18.2. The predicted octanol–water partition coefficient (Wildman–Crippen LogP) is 8.57. The molecule has 7 rings (SSSR count). The molecule has 5 aromatic rings. The number of rotatable bonds is 25. The summed E-state index contributed by atoms with van der Waals surface area (Å²) in [6.45, 7) is 7.47. The first kappa shape index (κ1) is 54.8. The van der Waals surface area contributed by atoms with Crippen LogP contribution in [0.5, 0.6) is 34.5 Å². The normalized spacial score (nSPS) is 17.2. The number of aromatic nitrogens is 1. The van der Waals surface area contributed by atoms with Crippen molar-refractivity contribution in [1.29, 1.82) is 0 Å². The Kier molecular flexibility index (Phi) is 20.4. The molecule has 1 heterocycles. The maximum Gasteiger partial charge on any atom is 0.333 e. The molecule has 75 heavy (non-hydrogen) atoms. The molecule has 0 radical (unpaired) electrons. The fourth-order valence-corrected chi connectivity index (χ4v) is 8.99. The van der Waals surface area contributed by atoms with E-state index in [0.717, 1.165) is 22.4 Å². The summed E-state index contributed by atoms with van der Waals surface area (Å²) in [5, 5.41) is 7.09. The quantitative estimate of drug-likeness (QED) is 0.0101. The summed E-state index contributed by atoms with van der Waals surface area (Å²) in [6, 6.07) is 25.0. The fourth-order valence-electron chi connectivity index (χ4n) is 8.04. The number of methoxy groups -OCH3 is 1. The lowest BCUT2D eigenvalue weighted by Gasteiger charge is -2.26. The van der Waals surface area contributed by atoms with Crippen molar-refractivity contribution in [3.63, 3.8) is 0 Å². The highest BCUT2D eigenvalue weighted by atomic mass is 32.1. The molecule has 394 valence electrons. The standard InChI is InChI=1S/C55H57N3O16S/c1-4-49(59)69-34-67-41-18-22-43(23-19-41)71-51(61)36-10-12-38(13-11-36)53(63)73-45-26-27-47(40(32-45)33-56-58(28-29-66-31-30-65-3)55-57-46-8-6-7-9-48(46)75-55)74-54(64)39-16-14-37(15-17-39)52(62)72-44-24-20-42(21-25-44)68-35-70-50(60)5-2/h4-9,18-27,32-33,36-39H,1-2,10-17,28-31,34-35H2,3H3/b56-33+. The molecule has 0 amide bonds. The van der Waals surface area contributed by atoms with Crippen molar-refractivity contribution in [3.05, 3.63) is 122 Å². The van der Waals surface area contributed by atoms with E-state index in [1.807, 2.05) is 24.3 Å². The zero-order chi connectivity index (χ0) is 52.9. The minimum atomic E-state index is -0.619. The molecule has 1 aromatic heterocycles. The van der Waals surface area contributed by atoms with E-state index in [0.29, 0.717) is 111 Å². The number of carbonyl (C=O) groups is 6. The molecular weight excluding hydrogens is 991 g/mol. The van der Waals surface area contributed by atoms with Gasteiger partial charge in [0.2, 0.25) is 18.7 Å². The number of fused-ring (bicyclic) bond motifs is 1. The number of benzene rings is 4. The number of carbonyl (C=O) groups excluding carboxylic acids is 6.